The molecule has 3 N–H and O–H groups in total. The smallest absolute Gasteiger partial charge is 0.123 e. The molecule has 0 saturated carbocycles. The number of benzene rings is 2. The van der Waals surface area contributed by atoms with Gasteiger partial charge in [0, 0.05) is 23.1 Å². The van der Waals surface area contributed by atoms with E-state index in [2.05, 4.69) is 16.5 Å². The Hall–Kier alpha value is -2.79. The van der Waals surface area contributed by atoms with E-state index in [4.69, 9.17) is 0 Å². The van der Waals surface area contributed by atoms with Gasteiger partial charge in [-0.25, -0.2) is 4.39 Å². The third-order valence-corrected chi connectivity index (χ3v) is 6.68. The number of phenolic OH excluding ortho intramolecular Hbond substituents is 1. The molecule has 1 fully saturated rings. The molecule has 1 aromatic heterocycles. The van der Waals surface area contributed by atoms with Crippen LogP contribution in [0, 0.1) is 17.7 Å². The molecule has 5 heteroatoms. The maximum Gasteiger partial charge on any atom is 0.123 e. The van der Waals surface area contributed by atoms with Crippen molar-refractivity contribution in [2.75, 3.05) is 13.1 Å². The molecular formula is C24H25FN2O2. The van der Waals surface area contributed by atoms with Gasteiger partial charge in [-0.2, -0.15) is 0 Å². The molecule has 4 nitrogen and oxygen atoms in total. The number of likely N-dealkylation sites (tertiary alicyclic amines) is 1. The first-order chi connectivity index (χ1) is 14.0. The number of aromatic hydroxyl groups is 1. The summed E-state index contributed by atoms with van der Waals surface area (Å²) in [5.41, 5.74) is 4.34. The van der Waals surface area contributed by atoms with Gasteiger partial charge in [-0.15, -0.1) is 0 Å². The fraction of sp³-hybridized carbons (Fsp3) is 0.333. The number of nitrogens with zero attached hydrogens (tertiary/aromatic N) is 1. The second-order valence-electron chi connectivity index (χ2n) is 8.47. The second-order valence-corrected chi connectivity index (χ2v) is 8.47. The lowest BCUT2D eigenvalue weighted by Gasteiger charge is -2.44. The average Bonchev–Trinajstić information content (AvgIpc) is 3.03. The average molecular weight is 392 g/mol. The van der Waals surface area contributed by atoms with Gasteiger partial charge in [0.15, 0.2) is 0 Å². The van der Waals surface area contributed by atoms with Gasteiger partial charge < -0.3 is 15.2 Å². The van der Waals surface area contributed by atoms with Crippen molar-refractivity contribution in [2.24, 2.45) is 11.8 Å². The molecule has 3 aromatic rings. The van der Waals surface area contributed by atoms with Crippen LogP contribution in [0.25, 0.3) is 10.9 Å². The first kappa shape index (κ1) is 18.3. The molecule has 1 aliphatic heterocycles. The van der Waals surface area contributed by atoms with Crippen molar-refractivity contribution >= 4 is 10.9 Å². The molecule has 5 rings (SSSR count). The van der Waals surface area contributed by atoms with Crippen molar-refractivity contribution in [3.63, 3.8) is 0 Å². The van der Waals surface area contributed by atoms with Crippen LogP contribution in [0.15, 0.2) is 54.8 Å². The zero-order valence-electron chi connectivity index (χ0n) is 16.2. The number of rotatable bonds is 3. The van der Waals surface area contributed by atoms with Gasteiger partial charge in [-0.3, -0.25) is 4.90 Å². The Morgan fingerprint density at radius 3 is 2.83 bits per heavy atom. The zero-order valence-corrected chi connectivity index (χ0v) is 16.2. The van der Waals surface area contributed by atoms with Crippen molar-refractivity contribution in [1.82, 2.24) is 9.88 Å². The number of nitrogens with one attached hydrogen (secondary N) is 1. The number of aliphatic hydroxyl groups excluding tert-OH is 1. The lowest BCUT2D eigenvalue weighted by Crippen LogP contribution is -2.45. The summed E-state index contributed by atoms with van der Waals surface area (Å²) in [7, 11) is 0. The highest BCUT2D eigenvalue weighted by Gasteiger charge is 2.38. The van der Waals surface area contributed by atoms with Gasteiger partial charge in [0.1, 0.15) is 17.3 Å². The molecule has 0 bridgehead atoms. The molecule has 1 aliphatic carbocycles. The van der Waals surface area contributed by atoms with Crippen molar-refractivity contribution in [1.29, 1.82) is 0 Å². The minimum absolute atomic E-state index is 0.0970. The van der Waals surface area contributed by atoms with E-state index in [1.54, 1.807) is 24.3 Å². The fourth-order valence-electron chi connectivity index (χ4n) is 5.36. The van der Waals surface area contributed by atoms with Gasteiger partial charge in [0.05, 0.1) is 6.04 Å². The summed E-state index contributed by atoms with van der Waals surface area (Å²) in [6, 6.07) is 11.7. The highest BCUT2D eigenvalue weighted by Crippen LogP contribution is 2.41. The van der Waals surface area contributed by atoms with Crippen LogP contribution in [0.3, 0.4) is 0 Å². The number of aromatic nitrogens is 1. The number of hydrogen-bond donors (Lipinski definition) is 3. The van der Waals surface area contributed by atoms with E-state index in [0.29, 0.717) is 11.8 Å². The summed E-state index contributed by atoms with van der Waals surface area (Å²) in [5, 5.41) is 21.2. The van der Waals surface area contributed by atoms with E-state index in [1.165, 1.54) is 17.3 Å². The Balaban J connectivity index is 1.44. The first-order valence-electron chi connectivity index (χ1n) is 10.2. The van der Waals surface area contributed by atoms with E-state index < -0.39 is 0 Å². The van der Waals surface area contributed by atoms with Crippen molar-refractivity contribution < 1.29 is 14.6 Å². The number of H-pyrrole nitrogens is 1. The van der Waals surface area contributed by atoms with Crippen molar-refractivity contribution in [3.8, 4) is 5.75 Å². The molecule has 3 atom stereocenters. The standard InChI is InChI=1S/C24H25FN2O2/c1-14(28)24(16-3-2-4-19(29)9-16)27-8-7-15-11-23-20(10-17(15)13-27)21-12-18(25)5-6-22(21)26-23/h2-6,9,12,15,17,24,26,28-29H,1,7-8,10-11,13H2. The Labute approximate surface area is 169 Å². The third kappa shape index (κ3) is 3.19. The first-order valence-corrected chi connectivity index (χ1v) is 10.2. The van der Waals surface area contributed by atoms with E-state index in [-0.39, 0.29) is 23.4 Å². The highest BCUT2D eigenvalue weighted by atomic mass is 19.1. The second kappa shape index (κ2) is 6.92. The summed E-state index contributed by atoms with van der Waals surface area (Å²) in [5.74, 6) is 1.10. The monoisotopic (exact) mass is 392 g/mol. The summed E-state index contributed by atoms with van der Waals surface area (Å²) in [6.07, 6.45) is 2.93. The summed E-state index contributed by atoms with van der Waals surface area (Å²) >= 11 is 0. The number of aliphatic hydroxyl groups is 1. The summed E-state index contributed by atoms with van der Waals surface area (Å²) in [6.45, 7) is 5.51. The van der Waals surface area contributed by atoms with Crippen LogP contribution in [0.2, 0.25) is 0 Å². The van der Waals surface area contributed by atoms with Crippen LogP contribution in [-0.2, 0) is 12.8 Å². The molecule has 0 spiro atoms. The van der Waals surface area contributed by atoms with E-state index in [9.17, 15) is 14.6 Å². The van der Waals surface area contributed by atoms with Crippen LogP contribution in [0.5, 0.6) is 5.75 Å². The Morgan fingerprint density at radius 2 is 2.03 bits per heavy atom. The molecule has 150 valence electrons. The molecule has 2 aromatic carbocycles. The normalized spacial score (nSPS) is 22.8. The van der Waals surface area contributed by atoms with Crippen molar-refractivity contribution in [3.05, 3.63) is 77.4 Å². The summed E-state index contributed by atoms with van der Waals surface area (Å²) in [4.78, 5) is 5.76. The van der Waals surface area contributed by atoms with Gasteiger partial charge >= 0.3 is 0 Å². The molecule has 1 saturated heterocycles. The molecule has 0 amide bonds. The third-order valence-electron chi connectivity index (χ3n) is 6.68. The number of fused-ring (bicyclic) bond motifs is 4. The van der Waals surface area contributed by atoms with E-state index >= 15 is 0 Å². The van der Waals surface area contributed by atoms with Gasteiger partial charge in [-0.1, -0.05) is 18.7 Å². The minimum Gasteiger partial charge on any atom is -0.511 e. The topological polar surface area (TPSA) is 59.5 Å². The quantitative estimate of drug-likeness (QED) is 0.558. The van der Waals surface area contributed by atoms with Crippen LogP contribution < -0.4 is 0 Å². The maximum atomic E-state index is 13.8. The Morgan fingerprint density at radius 1 is 1.17 bits per heavy atom. The highest BCUT2D eigenvalue weighted by molar-refractivity contribution is 5.85. The van der Waals surface area contributed by atoms with Crippen LogP contribution >= 0.6 is 0 Å². The van der Waals surface area contributed by atoms with Crippen LogP contribution in [0.1, 0.15) is 29.3 Å². The minimum atomic E-state index is -0.329. The van der Waals surface area contributed by atoms with Gasteiger partial charge in [0.25, 0.3) is 0 Å². The predicted octanol–water partition coefficient (Wildman–Crippen LogP) is 4.86. The van der Waals surface area contributed by atoms with Gasteiger partial charge in [0.2, 0.25) is 0 Å². The lowest BCUT2D eigenvalue weighted by atomic mass is 9.73. The lowest BCUT2D eigenvalue weighted by molar-refractivity contribution is 0.0716. The number of halogens is 1. The molecule has 3 unspecified atom stereocenters. The molecule has 0 radical (unpaired) electrons. The fourth-order valence-corrected chi connectivity index (χ4v) is 5.36. The number of aromatic amines is 1. The molecule has 29 heavy (non-hydrogen) atoms. The zero-order chi connectivity index (χ0) is 20.1. The predicted molar refractivity (Wildman–Crippen MR) is 111 cm³/mol. The number of phenols is 1. The van der Waals surface area contributed by atoms with Crippen LogP contribution in [0.4, 0.5) is 4.39 Å². The Kier molecular flexibility index (Phi) is 4.36. The largest absolute Gasteiger partial charge is 0.511 e. The number of hydrogen-bond acceptors (Lipinski definition) is 3. The van der Waals surface area contributed by atoms with E-state index in [0.717, 1.165) is 48.8 Å². The molecule has 2 heterocycles. The molecule has 2 aliphatic rings. The maximum absolute atomic E-state index is 13.8. The Bertz CT molecular complexity index is 1090. The molecular weight excluding hydrogens is 367 g/mol. The van der Waals surface area contributed by atoms with Crippen LogP contribution in [-0.4, -0.2) is 33.2 Å². The SMILES string of the molecule is C=C(O)C(c1cccc(O)c1)N1CCC2Cc3[nH]c4ccc(F)cc4c3CC2C1. The summed E-state index contributed by atoms with van der Waals surface area (Å²) < 4.78 is 13.8. The number of piperidine rings is 1. The van der Waals surface area contributed by atoms with Crippen molar-refractivity contribution in [2.45, 2.75) is 25.3 Å². The van der Waals surface area contributed by atoms with E-state index in [1.807, 2.05) is 12.1 Å². The van der Waals surface area contributed by atoms with Gasteiger partial charge in [-0.05, 0) is 79.1 Å².